The first-order chi connectivity index (χ1) is 30.5. The number of furan rings is 1. The van der Waals surface area contributed by atoms with Crippen LogP contribution in [0.5, 0.6) is 0 Å². The van der Waals surface area contributed by atoms with Gasteiger partial charge in [-0.15, -0.1) is 0 Å². The van der Waals surface area contributed by atoms with Crippen molar-refractivity contribution in [2.24, 2.45) is 0 Å². The van der Waals surface area contributed by atoms with Gasteiger partial charge in [-0.3, -0.25) is 0 Å². The van der Waals surface area contributed by atoms with Crippen molar-refractivity contribution in [3.8, 4) is 27.9 Å². The Bertz CT molecular complexity index is 3790. The molecule has 13 rings (SSSR count). The second kappa shape index (κ2) is 13.1. The average molecular weight is 793 g/mol. The Hall–Kier alpha value is -7.88. The number of nitrogens with zero attached hydrogens (tertiary/aromatic N) is 2. The van der Waals surface area contributed by atoms with Gasteiger partial charge in [0.1, 0.15) is 11.2 Å². The maximum absolute atomic E-state index is 6.71. The van der Waals surface area contributed by atoms with Gasteiger partial charge in [0.05, 0.1) is 16.7 Å². The van der Waals surface area contributed by atoms with Crippen LogP contribution in [0.25, 0.3) is 93.2 Å². The molecule has 2 aromatic heterocycles. The molecule has 10 aromatic carbocycles. The van der Waals surface area contributed by atoms with Crippen LogP contribution in [0.2, 0.25) is 0 Å². The highest BCUT2D eigenvalue weighted by molar-refractivity contribution is 6.23. The van der Waals surface area contributed by atoms with E-state index in [9.17, 15) is 0 Å². The minimum atomic E-state index is -0.178. The van der Waals surface area contributed by atoms with Crippen LogP contribution in [0.15, 0.2) is 211 Å². The van der Waals surface area contributed by atoms with Gasteiger partial charge in [0.15, 0.2) is 0 Å². The third kappa shape index (κ3) is 4.94. The smallest absolute Gasteiger partial charge is 0.136 e. The molecule has 0 spiro atoms. The van der Waals surface area contributed by atoms with Crippen LogP contribution in [0.3, 0.4) is 0 Å². The Labute approximate surface area is 359 Å². The zero-order valence-corrected chi connectivity index (χ0v) is 34.4. The molecule has 62 heavy (non-hydrogen) atoms. The highest BCUT2D eigenvalue weighted by Gasteiger charge is 2.36. The van der Waals surface area contributed by atoms with Crippen LogP contribution in [-0.2, 0) is 5.41 Å². The largest absolute Gasteiger partial charge is 0.456 e. The molecular weight excluding hydrogens is 753 g/mol. The van der Waals surface area contributed by atoms with Crippen molar-refractivity contribution >= 4 is 82.4 Å². The van der Waals surface area contributed by atoms with Gasteiger partial charge in [-0.25, -0.2) is 0 Å². The number of hydrogen-bond donors (Lipinski definition) is 0. The number of hydrogen-bond acceptors (Lipinski definition) is 2. The molecule has 0 atom stereocenters. The van der Waals surface area contributed by atoms with Crippen molar-refractivity contribution in [2.45, 2.75) is 19.3 Å². The second-order valence-electron chi connectivity index (χ2n) is 17.2. The van der Waals surface area contributed by atoms with Crippen LogP contribution in [0.1, 0.15) is 25.0 Å². The topological polar surface area (TPSA) is 21.3 Å². The van der Waals surface area contributed by atoms with Crippen molar-refractivity contribution in [1.82, 2.24) is 4.57 Å². The zero-order chi connectivity index (χ0) is 41.1. The number of rotatable bonds is 5. The predicted molar refractivity (Wildman–Crippen MR) is 261 cm³/mol. The third-order valence-corrected chi connectivity index (χ3v) is 13.6. The van der Waals surface area contributed by atoms with Gasteiger partial charge in [-0.05, 0) is 122 Å². The molecule has 1 aliphatic carbocycles. The van der Waals surface area contributed by atoms with Crippen LogP contribution < -0.4 is 4.90 Å². The van der Waals surface area contributed by atoms with Gasteiger partial charge >= 0.3 is 0 Å². The Balaban J connectivity index is 1.16. The maximum Gasteiger partial charge on any atom is 0.136 e. The van der Waals surface area contributed by atoms with E-state index in [0.717, 1.165) is 50.3 Å². The van der Waals surface area contributed by atoms with Crippen molar-refractivity contribution in [3.63, 3.8) is 0 Å². The van der Waals surface area contributed by atoms with E-state index in [1.165, 1.54) is 71.2 Å². The fourth-order valence-electron chi connectivity index (χ4n) is 10.7. The molecule has 0 fully saturated rings. The minimum absolute atomic E-state index is 0.178. The first-order valence-corrected chi connectivity index (χ1v) is 21.5. The predicted octanol–water partition coefficient (Wildman–Crippen LogP) is 16.4. The quantitative estimate of drug-likeness (QED) is 0.162. The molecule has 0 saturated carbocycles. The van der Waals surface area contributed by atoms with Gasteiger partial charge < -0.3 is 13.9 Å². The molecule has 12 aromatic rings. The summed E-state index contributed by atoms with van der Waals surface area (Å²) in [5.41, 5.74) is 16.0. The summed E-state index contributed by atoms with van der Waals surface area (Å²) in [6.07, 6.45) is 0. The number of benzene rings is 10. The monoisotopic (exact) mass is 792 g/mol. The molecule has 0 saturated heterocycles. The molecule has 0 aliphatic heterocycles. The van der Waals surface area contributed by atoms with Crippen molar-refractivity contribution in [2.75, 3.05) is 4.90 Å². The molecule has 2 heterocycles. The first-order valence-electron chi connectivity index (χ1n) is 21.5. The summed E-state index contributed by atoms with van der Waals surface area (Å²) in [5.74, 6) is 0. The lowest BCUT2D eigenvalue weighted by Gasteiger charge is -2.30. The van der Waals surface area contributed by atoms with E-state index >= 15 is 0 Å². The number of anilines is 3. The fraction of sp³-hybridized carbons (Fsp3) is 0.0508. The summed E-state index contributed by atoms with van der Waals surface area (Å²) < 4.78 is 9.11. The summed E-state index contributed by atoms with van der Waals surface area (Å²) in [7, 11) is 0. The lowest BCUT2D eigenvalue weighted by molar-refractivity contribution is 0.660. The highest BCUT2D eigenvalue weighted by atomic mass is 16.3. The fourth-order valence-corrected chi connectivity index (χ4v) is 10.7. The molecule has 3 nitrogen and oxygen atoms in total. The van der Waals surface area contributed by atoms with E-state index in [4.69, 9.17) is 4.42 Å². The van der Waals surface area contributed by atoms with Crippen LogP contribution >= 0.6 is 0 Å². The highest BCUT2D eigenvalue weighted by Crippen LogP contribution is 2.54. The Morgan fingerprint density at radius 3 is 1.94 bits per heavy atom. The summed E-state index contributed by atoms with van der Waals surface area (Å²) in [6.45, 7) is 4.74. The molecular formula is C59H40N2O. The van der Waals surface area contributed by atoms with Gasteiger partial charge in [0.2, 0.25) is 0 Å². The molecule has 0 amide bonds. The molecule has 0 unspecified atom stereocenters. The number of para-hydroxylation sites is 3. The van der Waals surface area contributed by atoms with Crippen molar-refractivity contribution in [3.05, 3.63) is 217 Å². The second-order valence-corrected chi connectivity index (χ2v) is 17.2. The average Bonchev–Trinajstić information content (AvgIpc) is 3.94. The van der Waals surface area contributed by atoms with Gasteiger partial charge in [-0.2, -0.15) is 0 Å². The van der Waals surface area contributed by atoms with E-state index in [2.05, 4.69) is 230 Å². The summed E-state index contributed by atoms with van der Waals surface area (Å²) >= 11 is 0. The van der Waals surface area contributed by atoms with E-state index < -0.39 is 0 Å². The van der Waals surface area contributed by atoms with E-state index in [-0.39, 0.29) is 5.41 Å². The molecule has 1 aliphatic rings. The van der Waals surface area contributed by atoms with E-state index in [0.29, 0.717) is 0 Å². The third-order valence-electron chi connectivity index (χ3n) is 13.6. The Morgan fingerprint density at radius 2 is 1.06 bits per heavy atom. The summed E-state index contributed by atoms with van der Waals surface area (Å²) in [5, 5.41) is 9.52. The lowest BCUT2D eigenvalue weighted by atomic mass is 9.82. The van der Waals surface area contributed by atoms with Gasteiger partial charge in [-0.1, -0.05) is 147 Å². The van der Waals surface area contributed by atoms with Crippen LogP contribution in [0, 0.1) is 0 Å². The molecule has 0 radical (unpaired) electrons. The SMILES string of the molecule is CC1(C)c2ccccc2-c2ccc(N(c3ccc4c(c3)c3ccccc3n4-c3ccccc3)c3ccc4oc5ccccc5c4c3-c3cc4ccccc4c4ccccc34)cc21. The van der Waals surface area contributed by atoms with E-state index in [1.54, 1.807) is 0 Å². The standard InChI is InChI=1S/C59H40N2O/c1-59(2)50-25-13-10-22-44(50)45-30-28-40(36-51(45)59)60(39-29-31-53-48(35-39)46-23-11-14-26-52(46)61(53)38-17-4-3-5-18-38)54-32-33-56-58(47-24-12-15-27-55(47)62-56)57(54)49-34-37-16-6-7-19-41(37)42-20-8-9-21-43(42)49/h3-36H,1-2H3. The van der Waals surface area contributed by atoms with E-state index in [1.807, 2.05) is 0 Å². The maximum atomic E-state index is 6.71. The van der Waals surface area contributed by atoms with Crippen LogP contribution in [0.4, 0.5) is 17.1 Å². The van der Waals surface area contributed by atoms with Crippen molar-refractivity contribution < 1.29 is 4.42 Å². The minimum Gasteiger partial charge on any atom is -0.456 e. The molecule has 292 valence electrons. The van der Waals surface area contributed by atoms with Gasteiger partial charge in [0, 0.05) is 49.6 Å². The number of aromatic nitrogens is 1. The van der Waals surface area contributed by atoms with Crippen LogP contribution in [-0.4, -0.2) is 4.57 Å². The Kier molecular flexibility index (Phi) is 7.36. The summed E-state index contributed by atoms with van der Waals surface area (Å²) in [6, 6.07) is 75.6. The number of fused-ring (bicyclic) bond motifs is 12. The molecule has 0 N–H and O–H groups in total. The Morgan fingerprint density at radius 1 is 0.419 bits per heavy atom. The molecule has 3 heteroatoms. The van der Waals surface area contributed by atoms with Crippen molar-refractivity contribution in [1.29, 1.82) is 0 Å². The zero-order valence-electron chi connectivity index (χ0n) is 34.4. The normalized spacial score (nSPS) is 13.1. The summed E-state index contributed by atoms with van der Waals surface area (Å²) in [4.78, 5) is 2.51. The molecule has 0 bridgehead atoms. The van der Waals surface area contributed by atoms with Gasteiger partial charge in [0.25, 0.3) is 0 Å². The first kappa shape index (κ1) is 34.9. The lowest BCUT2D eigenvalue weighted by Crippen LogP contribution is -2.17.